The van der Waals surface area contributed by atoms with Crippen molar-refractivity contribution in [1.82, 2.24) is 0 Å². The van der Waals surface area contributed by atoms with Gasteiger partial charge in [-0.25, -0.2) is 0 Å². The van der Waals surface area contributed by atoms with Crippen LogP contribution >= 0.6 is 0 Å². The largest absolute Gasteiger partial charge is 0.393 e. The van der Waals surface area contributed by atoms with E-state index in [0.717, 1.165) is 0 Å². The zero-order valence-corrected chi connectivity index (χ0v) is 6.99. The lowest BCUT2D eigenvalue weighted by atomic mass is 10.4. The lowest BCUT2D eigenvalue weighted by Gasteiger charge is -2.20. The Labute approximate surface area is 66.7 Å². The van der Waals surface area contributed by atoms with E-state index in [2.05, 4.69) is 0 Å². The molecule has 0 aromatic rings. The fraction of sp³-hybridized carbons (Fsp3) is 1.00. The van der Waals surface area contributed by atoms with Crippen LogP contribution in [-0.4, -0.2) is 42.4 Å². The smallest absolute Gasteiger partial charge is 0.185 e. The average Bonchev–Trinajstić information content (AvgIpc) is 2.03. The monoisotopic (exact) mass is 164 g/mol. The maximum absolute atomic E-state index is 9.08. The fourth-order valence-electron chi connectivity index (χ4n) is 0.685. The van der Waals surface area contributed by atoms with Crippen molar-refractivity contribution >= 4 is 0 Å². The Balaban J connectivity index is 3.66. The Hall–Kier alpha value is -0.160. The summed E-state index contributed by atoms with van der Waals surface area (Å²) >= 11 is 0. The molecule has 0 rings (SSSR count). The summed E-state index contributed by atoms with van der Waals surface area (Å²) in [4.78, 5) is 0. The van der Waals surface area contributed by atoms with Gasteiger partial charge < -0.3 is 19.7 Å². The molecular weight excluding hydrogens is 148 g/mol. The second-order valence-electron chi connectivity index (χ2n) is 2.03. The van der Waals surface area contributed by atoms with Gasteiger partial charge in [0.05, 0.1) is 6.61 Å². The minimum atomic E-state index is -0.949. The Morgan fingerprint density at radius 2 is 1.64 bits per heavy atom. The van der Waals surface area contributed by atoms with E-state index in [1.165, 1.54) is 0 Å². The van der Waals surface area contributed by atoms with Crippen LogP contribution in [0.25, 0.3) is 0 Å². The molecule has 68 valence electrons. The van der Waals surface area contributed by atoms with Crippen LogP contribution in [-0.2, 0) is 9.47 Å². The van der Waals surface area contributed by atoms with Gasteiger partial charge in [0.1, 0.15) is 6.10 Å². The SMILES string of the molecule is CCOC(OCC)C(O)CO. The molecule has 0 radical (unpaired) electrons. The third kappa shape index (κ3) is 4.31. The van der Waals surface area contributed by atoms with Crippen molar-refractivity contribution in [1.29, 1.82) is 0 Å². The van der Waals surface area contributed by atoms with E-state index in [0.29, 0.717) is 13.2 Å². The number of hydrogen-bond acceptors (Lipinski definition) is 4. The number of hydrogen-bond donors (Lipinski definition) is 2. The number of ether oxygens (including phenoxy) is 2. The van der Waals surface area contributed by atoms with Gasteiger partial charge in [-0.1, -0.05) is 0 Å². The standard InChI is InChI=1S/C7H16O4/c1-3-10-7(11-4-2)6(9)5-8/h6-9H,3-5H2,1-2H3. The predicted octanol–water partition coefficient (Wildman–Crippen LogP) is -0.261. The molecule has 0 bridgehead atoms. The van der Waals surface area contributed by atoms with E-state index in [-0.39, 0.29) is 6.61 Å². The Bertz CT molecular complexity index is 80.5. The molecule has 0 amide bonds. The lowest BCUT2D eigenvalue weighted by Crippen LogP contribution is -2.34. The molecule has 4 heteroatoms. The van der Waals surface area contributed by atoms with Gasteiger partial charge in [0.2, 0.25) is 0 Å². The molecule has 4 nitrogen and oxygen atoms in total. The van der Waals surface area contributed by atoms with E-state index < -0.39 is 12.4 Å². The maximum atomic E-state index is 9.08. The van der Waals surface area contributed by atoms with Crippen molar-refractivity contribution in [3.63, 3.8) is 0 Å². The summed E-state index contributed by atoms with van der Waals surface area (Å²) in [5.41, 5.74) is 0. The quantitative estimate of drug-likeness (QED) is 0.531. The Morgan fingerprint density at radius 1 is 1.18 bits per heavy atom. The molecule has 0 saturated carbocycles. The van der Waals surface area contributed by atoms with Gasteiger partial charge >= 0.3 is 0 Å². The van der Waals surface area contributed by atoms with Crippen LogP contribution in [0.3, 0.4) is 0 Å². The second-order valence-corrected chi connectivity index (χ2v) is 2.03. The molecular formula is C7H16O4. The van der Waals surface area contributed by atoms with Gasteiger partial charge in [-0.2, -0.15) is 0 Å². The first-order chi connectivity index (χ1) is 5.26. The highest BCUT2D eigenvalue weighted by Crippen LogP contribution is 2.00. The number of aliphatic hydroxyl groups excluding tert-OH is 2. The molecule has 0 saturated heterocycles. The Kier molecular flexibility index (Phi) is 6.45. The average molecular weight is 164 g/mol. The van der Waals surface area contributed by atoms with Crippen LogP contribution < -0.4 is 0 Å². The zero-order valence-electron chi connectivity index (χ0n) is 6.99. The molecule has 0 aliphatic heterocycles. The minimum absolute atomic E-state index is 0.343. The summed E-state index contributed by atoms with van der Waals surface area (Å²) in [5, 5.41) is 17.6. The minimum Gasteiger partial charge on any atom is -0.393 e. The van der Waals surface area contributed by atoms with Gasteiger partial charge in [0.25, 0.3) is 0 Å². The van der Waals surface area contributed by atoms with Gasteiger partial charge in [0, 0.05) is 13.2 Å². The van der Waals surface area contributed by atoms with Crippen LogP contribution in [0.2, 0.25) is 0 Å². The molecule has 0 fully saturated rings. The predicted molar refractivity (Wildman–Crippen MR) is 40.1 cm³/mol. The van der Waals surface area contributed by atoms with Gasteiger partial charge in [0.15, 0.2) is 6.29 Å². The van der Waals surface area contributed by atoms with Crippen molar-refractivity contribution in [2.45, 2.75) is 26.2 Å². The molecule has 11 heavy (non-hydrogen) atoms. The Morgan fingerprint density at radius 3 is 1.91 bits per heavy atom. The molecule has 0 heterocycles. The highest BCUT2D eigenvalue weighted by atomic mass is 16.7. The van der Waals surface area contributed by atoms with Crippen molar-refractivity contribution in [2.24, 2.45) is 0 Å². The first-order valence-corrected chi connectivity index (χ1v) is 3.78. The first kappa shape index (κ1) is 10.8. The third-order valence-corrected chi connectivity index (χ3v) is 1.16. The molecule has 2 N–H and O–H groups in total. The van der Waals surface area contributed by atoms with Crippen molar-refractivity contribution in [3.8, 4) is 0 Å². The van der Waals surface area contributed by atoms with E-state index in [1.807, 2.05) is 0 Å². The van der Waals surface area contributed by atoms with Crippen LogP contribution in [0, 0.1) is 0 Å². The number of rotatable bonds is 6. The van der Waals surface area contributed by atoms with E-state index in [4.69, 9.17) is 19.7 Å². The maximum Gasteiger partial charge on any atom is 0.185 e. The van der Waals surface area contributed by atoms with Crippen molar-refractivity contribution < 1.29 is 19.7 Å². The fourth-order valence-corrected chi connectivity index (χ4v) is 0.685. The highest BCUT2D eigenvalue weighted by Gasteiger charge is 2.17. The summed E-state index contributed by atoms with van der Waals surface area (Å²) in [7, 11) is 0. The zero-order chi connectivity index (χ0) is 8.69. The van der Waals surface area contributed by atoms with Gasteiger partial charge in [-0.05, 0) is 13.8 Å². The van der Waals surface area contributed by atoms with Crippen LogP contribution in [0.5, 0.6) is 0 Å². The van der Waals surface area contributed by atoms with Crippen LogP contribution in [0.1, 0.15) is 13.8 Å². The summed E-state index contributed by atoms with van der Waals surface area (Å²) in [6.45, 7) is 4.18. The first-order valence-electron chi connectivity index (χ1n) is 3.78. The summed E-state index contributed by atoms with van der Waals surface area (Å²) < 4.78 is 10.0. The lowest BCUT2D eigenvalue weighted by molar-refractivity contribution is -0.196. The molecule has 0 aromatic heterocycles. The molecule has 0 spiro atoms. The summed E-state index contributed by atoms with van der Waals surface area (Å²) in [6.07, 6.45) is -1.65. The molecule has 0 aliphatic carbocycles. The molecule has 1 atom stereocenters. The van der Waals surface area contributed by atoms with E-state index >= 15 is 0 Å². The molecule has 0 aliphatic rings. The van der Waals surface area contributed by atoms with E-state index in [9.17, 15) is 0 Å². The highest BCUT2D eigenvalue weighted by molar-refractivity contribution is 4.57. The van der Waals surface area contributed by atoms with Crippen LogP contribution in [0.15, 0.2) is 0 Å². The second kappa shape index (κ2) is 6.54. The summed E-state index contributed by atoms with van der Waals surface area (Å²) in [6, 6.07) is 0. The third-order valence-electron chi connectivity index (χ3n) is 1.16. The van der Waals surface area contributed by atoms with Gasteiger partial charge in [-0.15, -0.1) is 0 Å². The normalized spacial score (nSPS) is 13.9. The van der Waals surface area contributed by atoms with Crippen molar-refractivity contribution in [2.75, 3.05) is 19.8 Å². The van der Waals surface area contributed by atoms with Crippen LogP contribution in [0.4, 0.5) is 0 Å². The van der Waals surface area contributed by atoms with Gasteiger partial charge in [-0.3, -0.25) is 0 Å². The number of aliphatic hydroxyl groups is 2. The molecule has 0 aromatic carbocycles. The summed E-state index contributed by atoms with van der Waals surface area (Å²) in [5.74, 6) is 0. The van der Waals surface area contributed by atoms with Crippen molar-refractivity contribution in [3.05, 3.63) is 0 Å². The molecule has 1 unspecified atom stereocenters. The van der Waals surface area contributed by atoms with E-state index in [1.54, 1.807) is 13.8 Å². The topological polar surface area (TPSA) is 58.9 Å².